The Morgan fingerprint density at radius 3 is 2.63 bits per heavy atom. The molecule has 11 rings (SSSR count). The van der Waals surface area contributed by atoms with Crippen molar-refractivity contribution in [3.63, 3.8) is 0 Å². The lowest BCUT2D eigenvalue weighted by Gasteiger charge is -2.32. The zero-order valence-corrected chi connectivity index (χ0v) is 33.1. The van der Waals surface area contributed by atoms with Crippen molar-refractivity contribution in [2.75, 3.05) is 49.6 Å². The molecule has 0 saturated carbocycles. The number of hydrogen-bond donors (Lipinski definition) is 0. The average Bonchev–Trinajstić information content (AvgIpc) is 4.09. The third-order valence-electron chi connectivity index (χ3n) is 13.0. The number of ether oxygens (including phenoxy) is 2. The predicted molar refractivity (Wildman–Crippen MR) is 219 cm³/mol. The molecule has 3 aromatic carbocycles. The molecule has 6 aromatic rings. The van der Waals surface area contributed by atoms with Gasteiger partial charge in [-0.1, -0.05) is 24.3 Å². The van der Waals surface area contributed by atoms with E-state index in [-0.39, 0.29) is 30.6 Å². The summed E-state index contributed by atoms with van der Waals surface area (Å²) in [7, 11) is 3.85. The lowest BCUT2D eigenvalue weighted by atomic mass is 9.98. The second kappa shape index (κ2) is 13.9. The number of benzene rings is 3. The van der Waals surface area contributed by atoms with Crippen molar-refractivity contribution >= 4 is 45.5 Å². The summed E-state index contributed by atoms with van der Waals surface area (Å²) in [5.41, 5.74) is 5.19. The second-order valence-electron chi connectivity index (χ2n) is 16.5. The Morgan fingerprint density at radius 1 is 0.847 bits per heavy atom. The molecular formula is C44H45FN10O4. The molecule has 15 heteroatoms. The molecule has 5 aliphatic heterocycles. The van der Waals surface area contributed by atoms with Crippen LogP contribution in [-0.2, 0) is 23.1 Å². The first kappa shape index (κ1) is 35.9. The summed E-state index contributed by atoms with van der Waals surface area (Å²) in [6.45, 7) is 2.39. The zero-order chi connectivity index (χ0) is 39.9. The molecule has 8 heterocycles. The SMILES string of the molecule is CN1CCCc2c3c(cccc3nn2C)-c2cccc(c2)OC2CC(C1=O)N(c1nc3nc4c1cnn4-c1ccc(F)cc1OCC1CCCN1C(=O)[C@@H]1CCCN31)C2. The molecule has 3 fully saturated rings. The van der Waals surface area contributed by atoms with Crippen LogP contribution in [0.3, 0.4) is 0 Å². The van der Waals surface area contributed by atoms with Crippen LogP contribution in [0.25, 0.3) is 38.8 Å². The largest absolute Gasteiger partial charge is 0.489 e. The van der Waals surface area contributed by atoms with Crippen LogP contribution in [0, 0.1) is 5.82 Å². The Hall–Kier alpha value is -6.25. The molecule has 2 amide bonds. The van der Waals surface area contributed by atoms with Crippen molar-refractivity contribution < 1.29 is 23.5 Å². The normalized spacial score (nSPS) is 23.2. The van der Waals surface area contributed by atoms with Gasteiger partial charge in [0.05, 0.1) is 29.7 Å². The molecule has 3 unspecified atom stereocenters. The van der Waals surface area contributed by atoms with Gasteiger partial charge in [0.2, 0.25) is 17.8 Å². The number of nitrogens with zero attached hydrogens (tertiary/aromatic N) is 10. The number of carbonyl (C=O) groups excluding carboxylic acids is 2. The molecule has 302 valence electrons. The van der Waals surface area contributed by atoms with Crippen molar-refractivity contribution in [2.45, 2.75) is 69.2 Å². The summed E-state index contributed by atoms with van der Waals surface area (Å²) in [6.07, 6.45) is 6.42. The standard InChI is InChI=1S/C44H45FN10O4/c1-50-17-6-13-35-39-31(11-4-12-33(39)49-51(35)2)26-8-3-10-29(20-26)59-30-22-37(42(50)56)54(24-30)40-32-23-46-55-34-16-15-27(45)21-38(34)58-25-28-9-5-18-52(28)43(57)36-14-7-19-53(36)44(47-40)48-41(32)55/h3-4,8,10-12,15-16,20-21,23,28,30,36-37H,5-7,9,13-14,17-19,22,24-25H2,1-2H3/t28?,30?,36-,37?/m0/s1. The van der Waals surface area contributed by atoms with Gasteiger partial charge >= 0.3 is 0 Å². The fourth-order valence-electron chi connectivity index (χ4n) is 10.1. The predicted octanol–water partition coefficient (Wildman–Crippen LogP) is 5.29. The molecule has 0 aliphatic carbocycles. The van der Waals surface area contributed by atoms with Crippen molar-refractivity contribution in [2.24, 2.45) is 7.05 Å². The van der Waals surface area contributed by atoms with Gasteiger partial charge in [0.1, 0.15) is 53.6 Å². The molecule has 0 spiro atoms. The minimum Gasteiger partial charge on any atom is -0.489 e. The summed E-state index contributed by atoms with van der Waals surface area (Å²) in [5.74, 6) is 1.50. The minimum atomic E-state index is -0.610. The summed E-state index contributed by atoms with van der Waals surface area (Å²) < 4.78 is 31.7. The molecule has 3 saturated heterocycles. The van der Waals surface area contributed by atoms with Crippen LogP contribution < -0.4 is 19.3 Å². The molecule has 6 bridgehead atoms. The quantitative estimate of drug-likeness (QED) is 0.217. The lowest BCUT2D eigenvalue weighted by molar-refractivity contribution is -0.134. The number of aromatic nitrogens is 6. The number of fused-ring (bicyclic) bond motifs is 11. The van der Waals surface area contributed by atoms with Crippen molar-refractivity contribution in [1.82, 2.24) is 39.3 Å². The van der Waals surface area contributed by atoms with Crippen LogP contribution in [0.15, 0.2) is 66.9 Å². The van der Waals surface area contributed by atoms with E-state index < -0.39 is 17.9 Å². The highest BCUT2D eigenvalue weighted by molar-refractivity contribution is 5.97. The first-order valence-electron chi connectivity index (χ1n) is 20.8. The number of rotatable bonds is 1. The van der Waals surface area contributed by atoms with Crippen LogP contribution >= 0.6 is 0 Å². The van der Waals surface area contributed by atoms with Gasteiger partial charge in [-0.3, -0.25) is 14.3 Å². The molecule has 59 heavy (non-hydrogen) atoms. The summed E-state index contributed by atoms with van der Waals surface area (Å²) in [6, 6.07) is 17.6. The second-order valence-corrected chi connectivity index (χ2v) is 16.5. The molecule has 0 radical (unpaired) electrons. The van der Waals surface area contributed by atoms with Crippen LogP contribution in [-0.4, -0.2) is 115 Å². The van der Waals surface area contributed by atoms with Gasteiger partial charge in [0.15, 0.2) is 5.65 Å². The molecule has 4 atom stereocenters. The number of amides is 2. The zero-order valence-electron chi connectivity index (χ0n) is 33.1. The number of likely N-dealkylation sites (N-methyl/N-ethyl adjacent to an activating group) is 1. The molecule has 14 nitrogen and oxygen atoms in total. The van der Waals surface area contributed by atoms with E-state index in [1.807, 2.05) is 62.6 Å². The van der Waals surface area contributed by atoms with E-state index in [2.05, 4.69) is 18.2 Å². The molecule has 3 aromatic heterocycles. The Bertz CT molecular complexity index is 2660. The van der Waals surface area contributed by atoms with Gasteiger partial charge in [0, 0.05) is 57.3 Å². The Balaban J connectivity index is 1.04. The third kappa shape index (κ3) is 5.95. The lowest BCUT2D eigenvalue weighted by Crippen LogP contribution is -2.49. The van der Waals surface area contributed by atoms with E-state index in [0.717, 1.165) is 59.8 Å². The van der Waals surface area contributed by atoms with E-state index in [0.29, 0.717) is 79.0 Å². The van der Waals surface area contributed by atoms with Crippen LogP contribution in [0.1, 0.15) is 44.2 Å². The molecule has 0 N–H and O–H groups in total. The fourth-order valence-corrected chi connectivity index (χ4v) is 10.1. The third-order valence-corrected chi connectivity index (χ3v) is 13.0. The van der Waals surface area contributed by atoms with Crippen molar-refractivity contribution in [3.05, 3.63) is 78.4 Å². The average molecular weight is 797 g/mol. The van der Waals surface area contributed by atoms with Gasteiger partial charge in [-0.15, -0.1) is 0 Å². The summed E-state index contributed by atoms with van der Waals surface area (Å²) >= 11 is 0. The minimum absolute atomic E-state index is 0.0280. The van der Waals surface area contributed by atoms with E-state index in [4.69, 9.17) is 29.6 Å². The van der Waals surface area contributed by atoms with Gasteiger partial charge in [-0.05, 0) is 80.0 Å². The first-order chi connectivity index (χ1) is 28.8. The van der Waals surface area contributed by atoms with Crippen molar-refractivity contribution in [3.8, 4) is 28.3 Å². The van der Waals surface area contributed by atoms with E-state index in [1.165, 1.54) is 12.1 Å². The fraction of sp³-hybridized carbons (Fsp3) is 0.409. The highest BCUT2D eigenvalue weighted by Crippen LogP contribution is 2.40. The number of hydrogen-bond acceptors (Lipinski definition) is 10. The topological polar surface area (TPSA) is 127 Å². The van der Waals surface area contributed by atoms with Crippen LogP contribution in [0.5, 0.6) is 11.5 Å². The van der Waals surface area contributed by atoms with E-state index in [9.17, 15) is 14.0 Å². The highest BCUT2D eigenvalue weighted by Gasteiger charge is 2.44. The highest BCUT2D eigenvalue weighted by atomic mass is 19.1. The van der Waals surface area contributed by atoms with Gasteiger partial charge in [-0.2, -0.15) is 20.2 Å². The number of anilines is 2. The van der Waals surface area contributed by atoms with Gasteiger partial charge < -0.3 is 29.1 Å². The Kier molecular flexibility index (Phi) is 8.48. The number of halogens is 1. The summed E-state index contributed by atoms with van der Waals surface area (Å²) in [4.78, 5) is 47.3. The number of carbonyl (C=O) groups is 2. The maximum absolute atomic E-state index is 14.9. The van der Waals surface area contributed by atoms with Crippen molar-refractivity contribution in [1.29, 1.82) is 0 Å². The van der Waals surface area contributed by atoms with Gasteiger partial charge in [-0.25, -0.2) is 9.07 Å². The molecular weight excluding hydrogens is 752 g/mol. The van der Waals surface area contributed by atoms with E-state index in [1.54, 1.807) is 16.9 Å². The van der Waals surface area contributed by atoms with Crippen LogP contribution in [0.4, 0.5) is 16.2 Å². The van der Waals surface area contributed by atoms with Gasteiger partial charge in [0.25, 0.3) is 0 Å². The van der Waals surface area contributed by atoms with Crippen LogP contribution in [0.2, 0.25) is 0 Å². The summed E-state index contributed by atoms with van der Waals surface area (Å²) in [5, 5.41) is 11.4. The smallest absolute Gasteiger partial charge is 0.245 e. The number of aryl methyl sites for hydroxylation is 2. The molecule has 5 aliphatic rings. The first-order valence-corrected chi connectivity index (χ1v) is 20.8. The Morgan fingerprint density at radius 2 is 1.71 bits per heavy atom. The maximum atomic E-state index is 14.9. The van der Waals surface area contributed by atoms with E-state index >= 15 is 0 Å². The Labute approximate surface area is 340 Å². The maximum Gasteiger partial charge on any atom is 0.245 e. The monoisotopic (exact) mass is 796 g/mol.